The summed E-state index contributed by atoms with van der Waals surface area (Å²) in [6, 6.07) is 17.1. The molecule has 0 spiro atoms. The Morgan fingerprint density at radius 3 is 2.41 bits per heavy atom. The van der Waals surface area contributed by atoms with Gasteiger partial charge >= 0.3 is 0 Å². The molecule has 3 aromatic heterocycles. The third kappa shape index (κ3) is 2.95. The Balaban J connectivity index is 2.00. The van der Waals surface area contributed by atoms with E-state index in [9.17, 15) is 4.79 Å². The van der Waals surface area contributed by atoms with Gasteiger partial charge in [0.2, 0.25) is 0 Å². The van der Waals surface area contributed by atoms with Gasteiger partial charge < -0.3 is 4.57 Å². The molecule has 27 heavy (non-hydrogen) atoms. The quantitative estimate of drug-likeness (QED) is 0.564. The minimum absolute atomic E-state index is 0.109. The standard InChI is InChI=1S/C21H19N5O/c1-14-13-17(21(27)25(3)15(14)2)20-23-19(16-9-5-4-6-10-16)24-26(20)18-11-7-8-12-22-18/h4-13H,1-3H3. The molecular weight excluding hydrogens is 338 g/mol. The van der Waals surface area contributed by atoms with Crippen LogP contribution in [0, 0.1) is 13.8 Å². The second-order valence-corrected chi connectivity index (χ2v) is 6.42. The van der Waals surface area contributed by atoms with Crippen molar-refractivity contribution in [3.63, 3.8) is 0 Å². The number of benzene rings is 1. The van der Waals surface area contributed by atoms with Crippen LogP contribution < -0.4 is 5.56 Å². The van der Waals surface area contributed by atoms with Gasteiger partial charge in [0.1, 0.15) is 0 Å². The monoisotopic (exact) mass is 357 g/mol. The van der Waals surface area contributed by atoms with Crippen LogP contribution >= 0.6 is 0 Å². The zero-order valence-corrected chi connectivity index (χ0v) is 15.4. The summed E-state index contributed by atoms with van der Waals surface area (Å²) in [6.45, 7) is 3.91. The lowest BCUT2D eigenvalue weighted by Crippen LogP contribution is -2.23. The summed E-state index contributed by atoms with van der Waals surface area (Å²) in [4.78, 5) is 22.0. The Hall–Kier alpha value is -3.54. The molecule has 134 valence electrons. The van der Waals surface area contributed by atoms with Crippen molar-refractivity contribution in [3.8, 4) is 28.6 Å². The van der Waals surface area contributed by atoms with E-state index in [1.165, 1.54) is 0 Å². The molecule has 4 aromatic rings. The van der Waals surface area contributed by atoms with Crippen molar-refractivity contribution in [1.29, 1.82) is 0 Å². The van der Waals surface area contributed by atoms with Crippen LogP contribution in [0.2, 0.25) is 0 Å². The van der Waals surface area contributed by atoms with Crippen LogP contribution in [0.5, 0.6) is 0 Å². The molecule has 0 N–H and O–H groups in total. The molecule has 1 aromatic carbocycles. The van der Waals surface area contributed by atoms with Gasteiger partial charge in [0, 0.05) is 24.5 Å². The average molecular weight is 357 g/mol. The van der Waals surface area contributed by atoms with E-state index in [0.717, 1.165) is 16.8 Å². The third-order valence-electron chi connectivity index (χ3n) is 4.72. The molecule has 4 rings (SSSR count). The molecule has 0 atom stereocenters. The maximum absolute atomic E-state index is 12.9. The van der Waals surface area contributed by atoms with Gasteiger partial charge in [0.05, 0.1) is 5.56 Å². The first-order valence-corrected chi connectivity index (χ1v) is 8.68. The molecule has 0 aliphatic heterocycles. The van der Waals surface area contributed by atoms with Crippen molar-refractivity contribution in [3.05, 3.63) is 82.4 Å². The minimum atomic E-state index is -0.109. The summed E-state index contributed by atoms with van der Waals surface area (Å²) < 4.78 is 3.28. The molecule has 0 radical (unpaired) electrons. The Morgan fingerprint density at radius 2 is 1.70 bits per heavy atom. The van der Waals surface area contributed by atoms with E-state index in [1.54, 1.807) is 22.5 Å². The molecule has 6 nitrogen and oxygen atoms in total. The van der Waals surface area contributed by atoms with Gasteiger partial charge in [-0.2, -0.15) is 4.68 Å². The SMILES string of the molecule is Cc1cc(-c2nc(-c3ccccc3)nn2-c2ccccn2)c(=O)n(C)c1C. The number of aryl methyl sites for hydroxylation is 1. The van der Waals surface area contributed by atoms with Gasteiger partial charge in [-0.15, -0.1) is 5.10 Å². The van der Waals surface area contributed by atoms with Gasteiger partial charge in [-0.3, -0.25) is 4.79 Å². The highest BCUT2D eigenvalue weighted by Gasteiger charge is 2.19. The maximum atomic E-state index is 12.9. The summed E-state index contributed by atoms with van der Waals surface area (Å²) in [6.07, 6.45) is 1.70. The predicted octanol–water partition coefficient (Wildman–Crippen LogP) is 3.31. The van der Waals surface area contributed by atoms with Crippen LogP contribution in [-0.2, 0) is 7.05 Å². The van der Waals surface area contributed by atoms with Crippen LogP contribution in [0.3, 0.4) is 0 Å². The van der Waals surface area contributed by atoms with Crippen LogP contribution in [0.15, 0.2) is 65.6 Å². The van der Waals surface area contributed by atoms with Crippen LogP contribution in [-0.4, -0.2) is 24.3 Å². The number of pyridine rings is 2. The number of rotatable bonds is 3. The highest BCUT2D eigenvalue weighted by atomic mass is 16.1. The average Bonchev–Trinajstić information content (AvgIpc) is 3.15. The lowest BCUT2D eigenvalue weighted by Gasteiger charge is -2.10. The predicted molar refractivity (Wildman–Crippen MR) is 105 cm³/mol. The van der Waals surface area contributed by atoms with E-state index in [-0.39, 0.29) is 5.56 Å². The summed E-state index contributed by atoms with van der Waals surface area (Å²) in [7, 11) is 1.77. The molecule has 0 aliphatic rings. The van der Waals surface area contributed by atoms with Gasteiger partial charge in [-0.25, -0.2) is 9.97 Å². The normalized spacial score (nSPS) is 10.9. The largest absolute Gasteiger partial charge is 0.315 e. The van der Waals surface area contributed by atoms with E-state index in [2.05, 4.69) is 10.1 Å². The van der Waals surface area contributed by atoms with Crippen LogP contribution in [0.1, 0.15) is 11.3 Å². The van der Waals surface area contributed by atoms with Crippen molar-refractivity contribution in [1.82, 2.24) is 24.3 Å². The maximum Gasteiger partial charge on any atom is 0.261 e. The molecule has 6 heteroatoms. The fourth-order valence-electron chi connectivity index (χ4n) is 2.98. The smallest absolute Gasteiger partial charge is 0.261 e. The van der Waals surface area contributed by atoms with Gasteiger partial charge in [0.25, 0.3) is 5.56 Å². The second-order valence-electron chi connectivity index (χ2n) is 6.42. The zero-order valence-electron chi connectivity index (χ0n) is 15.4. The summed E-state index contributed by atoms with van der Waals surface area (Å²) in [5, 5.41) is 4.64. The van der Waals surface area contributed by atoms with E-state index in [0.29, 0.717) is 23.0 Å². The Kier molecular flexibility index (Phi) is 4.16. The summed E-state index contributed by atoms with van der Waals surface area (Å²) in [5.74, 6) is 1.65. The van der Waals surface area contributed by atoms with Crippen LogP contribution in [0.25, 0.3) is 28.6 Å². The van der Waals surface area contributed by atoms with Crippen molar-refractivity contribution < 1.29 is 0 Å². The highest BCUT2D eigenvalue weighted by molar-refractivity contribution is 5.63. The van der Waals surface area contributed by atoms with Crippen LogP contribution in [0.4, 0.5) is 0 Å². The summed E-state index contributed by atoms with van der Waals surface area (Å²) >= 11 is 0. The molecule has 0 amide bonds. The lowest BCUT2D eigenvalue weighted by atomic mass is 10.1. The van der Waals surface area contributed by atoms with Crippen molar-refractivity contribution in [2.75, 3.05) is 0 Å². The van der Waals surface area contributed by atoms with Gasteiger partial charge in [-0.05, 0) is 37.6 Å². The van der Waals surface area contributed by atoms with E-state index < -0.39 is 0 Å². The van der Waals surface area contributed by atoms with Crippen molar-refractivity contribution in [2.45, 2.75) is 13.8 Å². The molecule has 3 heterocycles. The summed E-state index contributed by atoms with van der Waals surface area (Å²) in [5.41, 5.74) is 3.22. The topological polar surface area (TPSA) is 65.6 Å². The molecule has 0 fully saturated rings. The molecular formula is C21H19N5O. The molecule has 0 saturated carbocycles. The number of hydrogen-bond acceptors (Lipinski definition) is 4. The fraction of sp³-hybridized carbons (Fsp3) is 0.143. The number of nitrogens with zero attached hydrogens (tertiary/aromatic N) is 5. The fourth-order valence-corrected chi connectivity index (χ4v) is 2.98. The first kappa shape index (κ1) is 16.9. The Bertz CT molecular complexity index is 1160. The van der Waals surface area contributed by atoms with Gasteiger partial charge in [-0.1, -0.05) is 36.4 Å². The highest BCUT2D eigenvalue weighted by Crippen LogP contribution is 2.23. The second kappa shape index (κ2) is 6.64. The van der Waals surface area contributed by atoms with E-state index in [1.807, 2.05) is 68.4 Å². The molecule has 0 aliphatic carbocycles. The zero-order chi connectivity index (χ0) is 19.0. The Morgan fingerprint density at radius 1 is 0.963 bits per heavy atom. The third-order valence-corrected chi connectivity index (χ3v) is 4.72. The van der Waals surface area contributed by atoms with Crippen molar-refractivity contribution >= 4 is 0 Å². The minimum Gasteiger partial charge on any atom is -0.315 e. The van der Waals surface area contributed by atoms with E-state index >= 15 is 0 Å². The Labute approximate surface area is 156 Å². The van der Waals surface area contributed by atoms with Crippen molar-refractivity contribution in [2.24, 2.45) is 7.05 Å². The first-order chi connectivity index (χ1) is 13.1. The van der Waals surface area contributed by atoms with E-state index in [4.69, 9.17) is 4.98 Å². The number of aromatic nitrogens is 5. The number of hydrogen-bond donors (Lipinski definition) is 0. The molecule has 0 bridgehead atoms. The van der Waals surface area contributed by atoms with Gasteiger partial charge in [0.15, 0.2) is 17.5 Å². The molecule has 0 saturated heterocycles. The lowest BCUT2D eigenvalue weighted by molar-refractivity contribution is 0.801. The molecule has 0 unspecified atom stereocenters. The first-order valence-electron chi connectivity index (χ1n) is 8.68.